The molecule has 1 atom stereocenters. The highest BCUT2D eigenvalue weighted by atomic mass is 35.5. The van der Waals surface area contributed by atoms with E-state index in [0.717, 1.165) is 13.0 Å². The van der Waals surface area contributed by atoms with Crippen molar-refractivity contribution in [3.63, 3.8) is 0 Å². The molecule has 2 N–H and O–H groups in total. The summed E-state index contributed by atoms with van der Waals surface area (Å²) in [6.07, 6.45) is 23.8. The fourth-order valence-corrected chi connectivity index (χ4v) is 3.68. The smallest absolute Gasteiger partial charge is 0.184 e. The first kappa shape index (κ1) is 35.7. The molecular weight excluding hydrogens is 412 g/mol. The Morgan fingerprint density at radius 3 is 1.06 bits per heavy atom. The number of hydrogen-bond donors (Lipinski definition) is 1. The maximum Gasteiger partial charge on any atom is 0.184 e. The molecule has 0 aliphatic rings. The highest BCUT2D eigenvalue weighted by molar-refractivity contribution is 4.50. The summed E-state index contributed by atoms with van der Waals surface area (Å²) in [6, 6.07) is 0.162. The van der Waals surface area contributed by atoms with Crippen molar-refractivity contribution in [2.75, 3.05) is 27.9 Å². The Bertz CT molecular complexity index is 295. The maximum atomic E-state index is 5.48. The Morgan fingerprint density at radius 1 is 0.581 bits per heavy atom. The molecule has 0 spiro atoms. The number of quaternary nitrogens is 1. The number of hydroxylamine groups is 3. The van der Waals surface area contributed by atoms with Gasteiger partial charge in [-0.1, -0.05) is 110 Å². The molecule has 0 aliphatic carbocycles. The highest BCUT2D eigenvalue weighted by Gasteiger charge is 2.37. The van der Waals surface area contributed by atoms with Crippen LogP contribution in [0.3, 0.4) is 0 Å². The summed E-state index contributed by atoms with van der Waals surface area (Å²) in [4.78, 5) is 15.0. The lowest BCUT2D eigenvalue weighted by Gasteiger charge is -2.29. The average molecular weight is 469 g/mol. The molecule has 192 valence electrons. The highest BCUT2D eigenvalue weighted by Crippen LogP contribution is 2.17. The van der Waals surface area contributed by atoms with Crippen molar-refractivity contribution in [1.82, 2.24) is 0 Å². The zero-order chi connectivity index (χ0) is 22.9. The van der Waals surface area contributed by atoms with Crippen LogP contribution in [0, 0.1) is 0 Å². The molecule has 6 heteroatoms. The van der Waals surface area contributed by atoms with E-state index in [1.165, 1.54) is 103 Å². The summed E-state index contributed by atoms with van der Waals surface area (Å²) in [5.74, 6) is 0. The van der Waals surface area contributed by atoms with Crippen LogP contribution in [-0.4, -0.2) is 38.9 Å². The second-order valence-electron chi connectivity index (χ2n) is 8.44. The minimum atomic E-state index is -0.212. The van der Waals surface area contributed by atoms with E-state index in [0.29, 0.717) is 0 Å². The van der Waals surface area contributed by atoms with Crippen LogP contribution in [0.2, 0.25) is 0 Å². The van der Waals surface area contributed by atoms with Crippen molar-refractivity contribution in [2.24, 2.45) is 5.73 Å². The summed E-state index contributed by atoms with van der Waals surface area (Å²) in [5.41, 5.74) is 5.48. The van der Waals surface area contributed by atoms with Gasteiger partial charge in [-0.25, -0.2) is 0 Å². The number of hydrogen-bond acceptors (Lipinski definition) is 4. The quantitative estimate of drug-likeness (QED) is 0.153. The predicted octanol–water partition coefficient (Wildman–Crippen LogP) is 4.50. The van der Waals surface area contributed by atoms with E-state index in [1.807, 2.05) is 6.92 Å². The molecule has 1 unspecified atom stereocenters. The Balaban J connectivity index is -0.000000560. The first-order chi connectivity index (χ1) is 14.6. The number of nitrogens with two attached hydrogens (primary N) is 1. The normalized spacial score (nSPS) is 12.1. The Morgan fingerprint density at radius 2 is 0.871 bits per heavy atom. The maximum absolute atomic E-state index is 5.48. The molecular formula is C25H57ClN2O3. The second-order valence-corrected chi connectivity index (χ2v) is 8.44. The molecule has 0 bridgehead atoms. The lowest BCUT2D eigenvalue weighted by molar-refractivity contribution is -1.37. The van der Waals surface area contributed by atoms with Gasteiger partial charge in [-0.3, -0.25) is 0 Å². The third-order valence-corrected chi connectivity index (χ3v) is 5.95. The molecule has 0 heterocycles. The number of halogens is 1. The monoisotopic (exact) mass is 468 g/mol. The van der Waals surface area contributed by atoms with Crippen LogP contribution >= 0.6 is 0 Å². The molecule has 0 amide bonds. The molecule has 0 saturated heterocycles. The van der Waals surface area contributed by atoms with E-state index >= 15 is 0 Å². The molecule has 5 nitrogen and oxygen atoms in total. The molecule has 31 heavy (non-hydrogen) atoms. The largest absolute Gasteiger partial charge is 1.00 e. The molecule has 0 fully saturated rings. The number of nitrogens with zero attached hydrogens (tertiary/aromatic N) is 1. The van der Waals surface area contributed by atoms with Gasteiger partial charge in [-0.05, 0) is 19.9 Å². The van der Waals surface area contributed by atoms with Gasteiger partial charge in [-0.2, -0.15) is 0 Å². The average Bonchev–Trinajstić information content (AvgIpc) is 2.78. The molecule has 0 aromatic heterocycles. The third kappa shape index (κ3) is 21.7. The van der Waals surface area contributed by atoms with Crippen LogP contribution in [0.4, 0.5) is 0 Å². The Kier molecular flexibility index (Phi) is 32.4. The first-order valence-corrected chi connectivity index (χ1v) is 12.8. The van der Waals surface area contributed by atoms with Crippen LogP contribution in [0.1, 0.15) is 130 Å². The predicted molar refractivity (Wildman–Crippen MR) is 130 cm³/mol. The zero-order valence-electron chi connectivity index (χ0n) is 21.9. The number of rotatable bonds is 21. The van der Waals surface area contributed by atoms with E-state index in [9.17, 15) is 0 Å². The van der Waals surface area contributed by atoms with Gasteiger partial charge in [0.15, 0.2) is 6.04 Å². The van der Waals surface area contributed by atoms with Gasteiger partial charge in [0, 0.05) is 6.42 Å². The van der Waals surface area contributed by atoms with Crippen molar-refractivity contribution in [3.05, 3.63) is 0 Å². The Hall–Kier alpha value is 0.0900. The summed E-state index contributed by atoms with van der Waals surface area (Å²) < 4.78 is 0. The van der Waals surface area contributed by atoms with Crippen LogP contribution in [0.15, 0.2) is 0 Å². The minimum absolute atomic E-state index is 0. The second kappa shape index (κ2) is 28.1. The van der Waals surface area contributed by atoms with Crippen molar-refractivity contribution in [1.29, 1.82) is 0 Å². The SMILES string of the molecule is CCC(C)[N+](OC)(OC)OC.CCCCCCCCCCCCCCCCCCN.[Cl-]. The molecule has 0 rings (SSSR count). The first-order valence-electron chi connectivity index (χ1n) is 12.8. The van der Waals surface area contributed by atoms with E-state index in [1.54, 1.807) is 21.3 Å². The summed E-state index contributed by atoms with van der Waals surface area (Å²) in [5, 5.41) is 0. The van der Waals surface area contributed by atoms with E-state index < -0.39 is 0 Å². The van der Waals surface area contributed by atoms with Gasteiger partial charge in [-0.15, -0.1) is 14.5 Å². The van der Waals surface area contributed by atoms with Gasteiger partial charge in [0.2, 0.25) is 0 Å². The van der Waals surface area contributed by atoms with E-state index in [-0.39, 0.29) is 23.4 Å². The van der Waals surface area contributed by atoms with Gasteiger partial charge >= 0.3 is 0 Å². The van der Waals surface area contributed by atoms with Crippen molar-refractivity contribution < 1.29 is 31.9 Å². The third-order valence-electron chi connectivity index (χ3n) is 5.95. The van der Waals surface area contributed by atoms with Crippen LogP contribution in [0.5, 0.6) is 0 Å². The molecule has 0 radical (unpaired) electrons. The topological polar surface area (TPSA) is 53.7 Å². The van der Waals surface area contributed by atoms with Crippen molar-refractivity contribution in [2.45, 2.75) is 136 Å². The van der Waals surface area contributed by atoms with Crippen LogP contribution in [-0.2, 0) is 14.5 Å². The van der Waals surface area contributed by atoms with Crippen molar-refractivity contribution in [3.8, 4) is 0 Å². The molecule has 0 aromatic carbocycles. The zero-order valence-corrected chi connectivity index (χ0v) is 22.7. The van der Waals surface area contributed by atoms with Gasteiger partial charge in [0.25, 0.3) is 0 Å². The molecule has 0 aliphatic heterocycles. The standard InChI is InChI=1S/C18H39N.C7H18NO3.ClH/c1-2-3-4-5-6-7-8-9-10-11-12-13-14-15-16-17-18-19;1-6-7(2)8(9-3,10-4)11-5;/h2-19H2,1H3;7H,6H2,1-5H3;1H/q;+1;/p-1. The summed E-state index contributed by atoms with van der Waals surface area (Å²) >= 11 is 0. The fraction of sp³-hybridized carbons (Fsp3) is 1.00. The minimum Gasteiger partial charge on any atom is -1.00 e. The fourth-order valence-electron chi connectivity index (χ4n) is 3.68. The van der Waals surface area contributed by atoms with Crippen molar-refractivity contribution >= 4 is 0 Å². The van der Waals surface area contributed by atoms with Gasteiger partial charge in [0.1, 0.15) is 21.3 Å². The van der Waals surface area contributed by atoms with Crippen LogP contribution in [0.25, 0.3) is 0 Å². The lowest BCUT2D eigenvalue weighted by Crippen LogP contribution is -3.00. The Labute approximate surface area is 201 Å². The summed E-state index contributed by atoms with van der Waals surface area (Å²) in [6.45, 7) is 7.21. The van der Waals surface area contributed by atoms with Gasteiger partial charge < -0.3 is 18.1 Å². The van der Waals surface area contributed by atoms with E-state index in [4.69, 9.17) is 20.2 Å². The van der Waals surface area contributed by atoms with Crippen LogP contribution < -0.4 is 18.1 Å². The molecule has 0 saturated carbocycles. The van der Waals surface area contributed by atoms with Gasteiger partial charge in [0.05, 0.1) is 4.97 Å². The molecule has 0 aromatic rings. The number of unbranched alkanes of at least 4 members (excludes halogenated alkanes) is 15. The summed E-state index contributed by atoms with van der Waals surface area (Å²) in [7, 11) is 4.66. The lowest BCUT2D eigenvalue weighted by atomic mass is 10.0. The van der Waals surface area contributed by atoms with E-state index in [2.05, 4.69) is 13.8 Å².